The fourth-order valence-corrected chi connectivity index (χ4v) is 8.61. The zero-order valence-corrected chi connectivity index (χ0v) is 31.4. The molecule has 1 N–H and O–H groups in total. The molecule has 0 fully saturated rings. The fraction of sp³-hybridized carbons (Fsp3) is 0.704. The zero-order valence-electron chi connectivity index (χ0n) is 26.4. The molecule has 0 bridgehead atoms. The maximum Gasteiger partial charge on any atom is 0.673 e. The van der Waals surface area contributed by atoms with Crippen LogP contribution < -0.4 is 0 Å². The molecule has 0 heterocycles. The quantitative estimate of drug-likeness (QED) is 0.212. The summed E-state index contributed by atoms with van der Waals surface area (Å²) in [6.07, 6.45) is 0. The maximum atomic E-state index is 9.62. The molecule has 1 aromatic carbocycles. The SMILES string of the molecule is CC(C)c1cccc(C(C)C)c1[N]=[W]=[CH]C(C)(C)C.CO[Si](O)(OC)O[Si](OC)(OC)OC.[CH2-]C(C)(C)C. The Morgan fingerprint density at radius 2 is 1.18 bits per heavy atom. The van der Waals surface area contributed by atoms with Crippen molar-refractivity contribution in [3.05, 3.63) is 36.2 Å². The molecule has 0 amide bonds. The fourth-order valence-electron chi connectivity index (χ4n) is 2.55. The van der Waals surface area contributed by atoms with E-state index in [9.17, 15) is 4.80 Å². The standard InChI is InChI=1S/C12H17N.C5H16O7Si2.C5H11.C5H10.W/c1-8(2)10-6-5-7-11(9(3)4)12(10)13;1-7-13(6,8-2)12-14(9-3,10-4)11-5;2*1-5(2,3)4;/h5-9H,1-4H3;6H,1-5H3;1H2,2-4H3;1H,2-4H3;/q;;-1;;. The van der Waals surface area contributed by atoms with Crippen LogP contribution in [0.15, 0.2) is 21.7 Å². The summed E-state index contributed by atoms with van der Waals surface area (Å²) < 4.78 is 36.7. The first-order valence-corrected chi connectivity index (χ1v) is 18.9. The van der Waals surface area contributed by atoms with Gasteiger partial charge in [-0.05, 0) is 0 Å². The molecule has 11 heteroatoms. The predicted octanol–water partition coefficient (Wildman–Crippen LogP) is 6.64. The van der Waals surface area contributed by atoms with Crippen molar-refractivity contribution in [2.45, 2.75) is 81.1 Å². The van der Waals surface area contributed by atoms with Crippen LogP contribution in [0, 0.1) is 17.8 Å². The first kappa shape index (κ1) is 39.9. The van der Waals surface area contributed by atoms with Crippen LogP contribution in [0.3, 0.4) is 0 Å². The third-order valence-corrected chi connectivity index (χ3v) is 12.9. The van der Waals surface area contributed by atoms with Crippen LogP contribution in [0.25, 0.3) is 0 Å². The van der Waals surface area contributed by atoms with Crippen LogP contribution in [-0.4, -0.2) is 62.8 Å². The summed E-state index contributed by atoms with van der Waals surface area (Å²) in [5.41, 5.74) is 4.67. The van der Waals surface area contributed by atoms with E-state index in [1.165, 1.54) is 52.4 Å². The van der Waals surface area contributed by atoms with Crippen LogP contribution in [0.4, 0.5) is 5.69 Å². The summed E-state index contributed by atoms with van der Waals surface area (Å²) in [7, 11) is -0.483. The van der Waals surface area contributed by atoms with Gasteiger partial charge in [-0.15, -0.1) is 0 Å². The van der Waals surface area contributed by atoms with Gasteiger partial charge in [0.25, 0.3) is 0 Å². The van der Waals surface area contributed by atoms with E-state index >= 15 is 0 Å². The molecule has 0 unspecified atom stereocenters. The van der Waals surface area contributed by atoms with Crippen molar-refractivity contribution in [3.63, 3.8) is 0 Å². The Bertz CT molecular complexity index is 813. The van der Waals surface area contributed by atoms with Gasteiger partial charge in [0.15, 0.2) is 0 Å². The van der Waals surface area contributed by atoms with Gasteiger partial charge >= 0.3 is 145 Å². The van der Waals surface area contributed by atoms with Crippen LogP contribution in [-0.2, 0) is 44.2 Å². The average molecular weight is 745 g/mol. The van der Waals surface area contributed by atoms with Crippen molar-refractivity contribution in [1.29, 1.82) is 0 Å². The van der Waals surface area contributed by atoms with Gasteiger partial charge in [0.1, 0.15) is 0 Å². The molecule has 0 spiro atoms. The van der Waals surface area contributed by atoms with Gasteiger partial charge in [-0.25, -0.2) is 0 Å². The third-order valence-electron chi connectivity index (χ3n) is 4.41. The van der Waals surface area contributed by atoms with Gasteiger partial charge < -0.3 is 38.0 Å². The number of hydrogen-bond donors (Lipinski definition) is 1. The van der Waals surface area contributed by atoms with Crippen LogP contribution in [0.2, 0.25) is 0 Å². The van der Waals surface area contributed by atoms with E-state index in [1.54, 1.807) is 0 Å². The van der Waals surface area contributed by atoms with Gasteiger partial charge in [-0.1, -0.05) is 20.8 Å². The molecule has 1 aromatic rings. The smallest absolute Gasteiger partial charge is 0.368 e. The van der Waals surface area contributed by atoms with Gasteiger partial charge in [0.05, 0.1) is 0 Å². The van der Waals surface area contributed by atoms with Crippen molar-refractivity contribution in [2.75, 3.05) is 35.5 Å². The molecule has 0 saturated heterocycles. The zero-order chi connectivity index (χ0) is 30.4. The minimum absolute atomic E-state index is 0.250. The van der Waals surface area contributed by atoms with E-state index in [-0.39, 0.29) is 5.41 Å². The Hall–Kier alpha value is -0.268. The second kappa shape index (κ2) is 18.2. The van der Waals surface area contributed by atoms with E-state index in [4.69, 9.17) is 29.7 Å². The van der Waals surface area contributed by atoms with Gasteiger partial charge in [0.2, 0.25) is 0 Å². The number of benzene rings is 1. The second-order valence-corrected chi connectivity index (χ2v) is 18.6. The molecule has 8 nitrogen and oxygen atoms in total. The molecular weight excluding hydrogens is 690 g/mol. The Labute approximate surface area is 243 Å². The monoisotopic (exact) mass is 744 g/mol. The van der Waals surface area contributed by atoms with Crippen LogP contribution in [0.5, 0.6) is 0 Å². The summed E-state index contributed by atoms with van der Waals surface area (Å²) in [5.74, 6) is 1.09. The summed E-state index contributed by atoms with van der Waals surface area (Å²) in [5, 5.41) is 0. The normalized spacial score (nSPS) is 12.4. The molecule has 224 valence electrons. The van der Waals surface area contributed by atoms with Crippen molar-refractivity contribution < 1.29 is 49.0 Å². The molecule has 0 aliphatic carbocycles. The summed E-state index contributed by atoms with van der Waals surface area (Å²) in [4.78, 5) is 9.62. The Balaban J connectivity index is 0. The van der Waals surface area contributed by atoms with E-state index in [1.807, 2.05) is 0 Å². The summed E-state index contributed by atoms with van der Waals surface area (Å²) in [6, 6.07) is 6.67. The largest absolute Gasteiger partial charge is 0.673 e. The van der Waals surface area contributed by atoms with Crippen LogP contribution in [0.1, 0.15) is 92.2 Å². The molecule has 0 aliphatic rings. The van der Waals surface area contributed by atoms with E-state index < -0.39 is 36.0 Å². The molecule has 0 radical (unpaired) electrons. The van der Waals surface area contributed by atoms with Crippen molar-refractivity contribution in [2.24, 2.45) is 14.3 Å². The number of hydrogen-bond acceptors (Lipinski definition) is 8. The molecule has 0 saturated carbocycles. The minimum Gasteiger partial charge on any atom is -0.368 e. The summed E-state index contributed by atoms with van der Waals surface area (Å²) in [6.45, 7) is 25.8. The van der Waals surface area contributed by atoms with Gasteiger partial charge in [0, 0.05) is 35.5 Å². The maximum absolute atomic E-state index is 9.62. The van der Waals surface area contributed by atoms with Crippen molar-refractivity contribution in [3.8, 4) is 0 Å². The molecular formula is C27H54NO7Si2W-. The molecule has 0 aliphatic heterocycles. The Kier molecular flexibility index (Phi) is 19.1. The van der Waals surface area contributed by atoms with Crippen molar-refractivity contribution >= 4 is 28.2 Å². The summed E-state index contributed by atoms with van der Waals surface area (Å²) >= 11 is -0.757. The van der Waals surface area contributed by atoms with E-state index in [2.05, 4.69) is 98.8 Å². The first-order valence-electron chi connectivity index (χ1n) is 12.6. The second-order valence-electron chi connectivity index (χ2n) is 11.5. The van der Waals surface area contributed by atoms with Crippen LogP contribution >= 0.6 is 0 Å². The van der Waals surface area contributed by atoms with Crippen molar-refractivity contribution in [1.82, 2.24) is 0 Å². The van der Waals surface area contributed by atoms with Gasteiger partial charge in [-0.2, -0.15) is 5.41 Å². The first-order chi connectivity index (χ1) is 17.2. The number of rotatable bonds is 10. The number of nitrogens with zero attached hydrogens (tertiary/aromatic N) is 1. The molecule has 38 heavy (non-hydrogen) atoms. The van der Waals surface area contributed by atoms with E-state index in [0.717, 1.165) is 0 Å². The molecule has 0 atom stereocenters. The Morgan fingerprint density at radius 3 is 1.45 bits per heavy atom. The van der Waals surface area contributed by atoms with Gasteiger partial charge in [-0.3, -0.25) is 0 Å². The Morgan fingerprint density at radius 1 is 0.816 bits per heavy atom. The topological polar surface area (TPSA) is 88.0 Å². The average Bonchev–Trinajstić information content (AvgIpc) is 2.81. The molecule has 0 aromatic heterocycles. The minimum atomic E-state index is -3.71. The molecule has 1 rings (SSSR count). The third kappa shape index (κ3) is 17.4. The van der Waals surface area contributed by atoms with E-state index in [0.29, 0.717) is 17.3 Å². The predicted molar refractivity (Wildman–Crippen MR) is 157 cm³/mol.